The zero-order valence-corrected chi connectivity index (χ0v) is 19.2. The van der Waals surface area contributed by atoms with Gasteiger partial charge >= 0.3 is 6.01 Å². The number of hydrogen-bond acceptors (Lipinski definition) is 6. The third-order valence-corrected chi connectivity index (χ3v) is 6.06. The molecule has 2 aromatic heterocycles. The summed E-state index contributed by atoms with van der Waals surface area (Å²) in [7, 11) is 0. The molecule has 7 nitrogen and oxygen atoms in total. The second-order valence-electron chi connectivity index (χ2n) is 8.78. The molecule has 0 amide bonds. The number of fused-ring (bicyclic) bond motifs is 1. The molecule has 1 aliphatic heterocycles. The molecule has 0 saturated carbocycles. The number of benzene rings is 2. The molecular weight excluding hydrogens is 412 g/mol. The average molecular weight is 443 g/mol. The minimum Gasteiger partial charge on any atom is -0.459 e. The highest BCUT2D eigenvalue weighted by atomic mass is 16.5. The summed E-state index contributed by atoms with van der Waals surface area (Å²) in [6.07, 6.45) is 4.06. The molecule has 1 saturated heterocycles. The van der Waals surface area contributed by atoms with E-state index in [0.29, 0.717) is 24.4 Å². The minimum absolute atomic E-state index is 0.0817. The van der Waals surface area contributed by atoms with E-state index < -0.39 is 0 Å². The Balaban J connectivity index is 1.46. The molecule has 0 aliphatic carbocycles. The van der Waals surface area contributed by atoms with E-state index in [2.05, 4.69) is 78.1 Å². The fourth-order valence-corrected chi connectivity index (χ4v) is 4.27. The Morgan fingerprint density at radius 1 is 1.09 bits per heavy atom. The van der Waals surface area contributed by atoms with Crippen LogP contribution in [0.4, 0.5) is 5.95 Å². The Labute approximate surface area is 194 Å². The third-order valence-electron chi connectivity index (χ3n) is 6.06. The first-order valence-electron chi connectivity index (χ1n) is 11.7. The van der Waals surface area contributed by atoms with Crippen LogP contribution in [-0.2, 0) is 6.54 Å². The van der Waals surface area contributed by atoms with Crippen LogP contribution in [0.2, 0.25) is 0 Å². The van der Waals surface area contributed by atoms with Crippen molar-refractivity contribution in [2.24, 2.45) is 0 Å². The van der Waals surface area contributed by atoms with Crippen LogP contribution < -0.4 is 15.4 Å². The van der Waals surface area contributed by atoms with Gasteiger partial charge in [0.15, 0.2) is 5.65 Å². The number of nitrogens with one attached hydrogen (secondary N) is 2. The molecule has 2 N–H and O–H groups in total. The molecule has 1 aliphatic rings. The van der Waals surface area contributed by atoms with Gasteiger partial charge in [0.1, 0.15) is 6.10 Å². The standard InChI is InChI=1S/C26H30N6O/c1-18(2)23-17-29-32-24(23)30-26(33-21-12-8-14-27-16-21)31-25(32)28-15-20-11-6-7-13-22(20)19-9-4-3-5-10-19/h3-7,9-11,13,17-18,21,27H,8,12,14-16H2,1-2H3,(H,28,30,31). The average Bonchev–Trinajstić information content (AvgIpc) is 3.28. The molecule has 1 fully saturated rings. The smallest absolute Gasteiger partial charge is 0.322 e. The lowest BCUT2D eigenvalue weighted by Crippen LogP contribution is -2.37. The minimum atomic E-state index is 0.0817. The molecule has 0 bridgehead atoms. The lowest BCUT2D eigenvalue weighted by molar-refractivity contribution is 0.153. The Bertz CT molecular complexity index is 1210. The van der Waals surface area contributed by atoms with Gasteiger partial charge in [0.2, 0.25) is 5.95 Å². The SMILES string of the molecule is CC(C)c1cnn2c(NCc3ccccc3-c3ccccc3)nc(OC3CCCNC3)nc12. The molecule has 33 heavy (non-hydrogen) atoms. The quantitative estimate of drug-likeness (QED) is 0.434. The Morgan fingerprint density at radius 2 is 1.91 bits per heavy atom. The second-order valence-corrected chi connectivity index (χ2v) is 8.78. The van der Waals surface area contributed by atoms with Gasteiger partial charge in [-0.3, -0.25) is 0 Å². The van der Waals surface area contributed by atoms with Crippen molar-refractivity contribution >= 4 is 11.6 Å². The Hall–Kier alpha value is -3.45. The van der Waals surface area contributed by atoms with Crippen LogP contribution in [0.1, 0.15) is 43.7 Å². The second kappa shape index (κ2) is 9.58. The van der Waals surface area contributed by atoms with Crippen molar-refractivity contribution in [2.45, 2.75) is 45.3 Å². The molecule has 0 spiro atoms. The molecule has 1 unspecified atom stereocenters. The maximum atomic E-state index is 6.19. The zero-order chi connectivity index (χ0) is 22.6. The predicted molar refractivity (Wildman–Crippen MR) is 131 cm³/mol. The van der Waals surface area contributed by atoms with Gasteiger partial charge in [0.25, 0.3) is 0 Å². The van der Waals surface area contributed by atoms with Gasteiger partial charge in [-0.15, -0.1) is 0 Å². The van der Waals surface area contributed by atoms with E-state index in [1.807, 2.05) is 12.3 Å². The van der Waals surface area contributed by atoms with Crippen LogP contribution in [-0.4, -0.2) is 38.8 Å². The van der Waals surface area contributed by atoms with Gasteiger partial charge in [-0.05, 0) is 42.0 Å². The summed E-state index contributed by atoms with van der Waals surface area (Å²) in [5.41, 5.74) is 5.45. The normalized spacial score (nSPS) is 16.3. The van der Waals surface area contributed by atoms with Gasteiger partial charge in [0.05, 0.1) is 6.20 Å². The summed E-state index contributed by atoms with van der Waals surface area (Å²) >= 11 is 0. The van der Waals surface area contributed by atoms with E-state index in [1.54, 1.807) is 4.52 Å². The fourth-order valence-electron chi connectivity index (χ4n) is 4.27. The van der Waals surface area contributed by atoms with Crippen LogP contribution in [0.5, 0.6) is 6.01 Å². The summed E-state index contributed by atoms with van der Waals surface area (Å²) in [5.74, 6) is 0.932. The highest BCUT2D eigenvalue weighted by molar-refractivity contribution is 5.67. The topological polar surface area (TPSA) is 76.4 Å². The van der Waals surface area contributed by atoms with Crippen molar-refractivity contribution in [3.8, 4) is 17.1 Å². The van der Waals surface area contributed by atoms with Gasteiger partial charge in [-0.2, -0.15) is 19.6 Å². The highest BCUT2D eigenvalue weighted by Crippen LogP contribution is 2.26. The summed E-state index contributed by atoms with van der Waals surface area (Å²) in [6.45, 7) is 6.76. The molecule has 2 aromatic carbocycles. The van der Waals surface area contributed by atoms with E-state index in [9.17, 15) is 0 Å². The maximum Gasteiger partial charge on any atom is 0.322 e. The van der Waals surface area contributed by atoms with Crippen LogP contribution in [0.3, 0.4) is 0 Å². The predicted octanol–water partition coefficient (Wildman–Crippen LogP) is 4.66. The number of anilines is 1. The molecule has 0 radical (unpaired) electrons. The first kappa shape index (κ1) is 21.4. The monoisotopic (exact) mass is 442 g/mol. The first-order valence-corrected chi connectivity index (χ1v) is 11.7. The summed E-state index contributed by atoms with van der Waals surface area (Å²) in [4.78, 5) is 9.44. The van der Waals surface area contributed by atoms with Crippen LogP contribution >= 0.6 is 0 Å². The van der Waals surface area contributed by atoms with Crippen molar-refractivity contribution in [1.82, 2.24) is 24.9 Å². The largest absolute Gasteiger partial charge is 0.459 e. The van der Waals surface area contributed by atoms with Crippen molar-refractivity contribution in [3.05, 3.63) is 71.9 Å². The van der Waals surface area contributed by atoms with Gasteiger partial charge in [0, 0.05) is 18.7 Å². The van der Waals surface area contributed by atoms with Gasteiger partial charge in [-0.1, -0.05) is 68.4 Å². The number of hydrogen-bond donors (Lipinski definition) is 2. The first-order chi connectivity index (χ1) is 16.2. The van der Waals surface area contributed by atoms with Crippen molar-refractivity contribution in [2.75, 3.05) is 18.4 Å². The summed E-state index contributed by atoms with van der Waals surface area (Å²) < 4.78 is 7.97. The molecule has 7 heteroatoms. The Morgan fingerprint density at radius 3 is 2.70 bits per heavy atom. The summed E-state index contributed by atoms with van der Waals surface area (Å²) in [6, 6.07) is 19.3. The number of aromatic nitrogens is 4. The fraction of sp³-hybridized carbons (Fsp3) is 0.346. The number of ether oxygens (including phenoxy) is 1. The third kappa shape index (κ3) is 4.68. The highest BCUT2D eigenvalue weighted by Gasteiger charge is 2.20. The molecule has 3 heterocycles. The summed E-state index contributed by atoms with van der Waals surface area (Å²) in [5, 5.41) is 11.5. The van der Waals surface area contributed by atoms with E-state index in [0.717, 1.165) is 37.1 Å². The van der Waals surface area contributed by atoms with Crippen molar-refractivity contribution in [1.29, 1.82) is 0 Å². The molecular formula is C26H30N6O. The lowest BCUT2D eigenvalue weighted by Gasteiger charge is -2.23. The molecule has 1 atom stereocenters. The van der Waals surface area contributed by atoms with Crippen molar-refractivity contribution in [3.63, 3.8) is 0 Å². The molecule has 5 rings (SSSR count). The van der Waals surface area contributed by atoms with Crippen LogP contribution in [0.15, 0.2) is 60.8 Å². The van der Waals surface area contributed by atoms with E-state index in [1.165, 1.54) is 16.7 Å². The number of piperidine rings is 1. The van der Waals surface area contributed by atoms with Crippen LogP contribution in [0, 0.1) is 0 Å². The van der Waals surface area contributed by atoms with Crippen molar-refractivity contribution < 1.29 is 4.74 Å². The van der Waals surface area contributed by atoms with Gasteiger partial charge < -0.3 is 15.4 Å². The molecule has 170 valence electrons. The Kier molecular flexibility index (Phi) is 6.21. The van der Waals surface area contributed by atoms with Gasteiger partial charge in [-0.25, -0.2) is 0 Å². The number of rotatable bonds is 7. The zero-order valence-electron chi connectivity index (χ0n) is 19.2. The number of nitrogens with zero attached hydrogens (tertiary/aromatic N) is 4. The van der Waals surface area contributed by atoms with Crippen LogP contribution in [0.25, 0.3) is 16.8 Å². The van der Waals surface area contributed by atoms with E-state index >= 15 is 0 Å². The van der Waals surface area contributed by atoms with E-state index in [-0.39, 0.29) is 6.10 Å². The van der Waals surface area contributed by atoms with E-state index in [4.69, 9.17) is 14.7 Å². The molecule has 4 aromatic rings. The maximum absolute atomic E-state index is 6.19. The lowest BCUT2D eigenvalue weighted by atomic mass is 10.00.